The van der Waals surface area contributed by atoms with Crippen LogP contribution in [0.25, 0.3) is 0 Å². The highest BCUT2D eigenvalue weighted by Crippen LogP contribution is 2.26. The molecular weight excluding hydrogens is 164 g/mol. The summed E-state index contributed by atoms with van der Waals surface area (Å²) >= 11 is 0. The molecule has 0 aromatic carbocycles. The number of aldehydes is 2. The fourth-order valence-corrected chi connectivity index (χ4v) is 1.12. The van der Waals surface area contributed by atoms with Crippen LogP contribution in [0.3, 0.4) is 0 Å². The monoisotopic (exact) mass is 184 g/mol. The van der Waals surface area contributed by atoms with Gasteiger partial charge in [-0.2, -0.15) is 0 Å². The average Bonchev–Trinajstić information content (AvgIpc) is 2.04. The van der Waals surface area contributed by atoms with Gasteiger partial charge in [-0.25, -0.2) is 0 Å². The van der Waals surface area contributed by atoms with Gasteiger partial charge in [0.1, 0.15) is 12.6 Å². The number of carbonyl (C=O) groups is 2. The smallest absolute Gasteiger partial charge is 0.125 e. The molecule has 0 radical (unpaired) electrons. The van der Waals surface area contributed by atoms with Crippen LogP contribution in [-0.2, 0) is 9.59 Å². The van der Waals surface area contributed by atoms with Gasteiger partial charge in [-0.1, -0.05) is 34.1 Å². The third-order valence-corrected chi connectivity index (χ3v) is 2.28. The first-order valence-corrected chi connectivity index (χ1v) is 4.76. The van der Waals surface area contributed by atoms with Crippen molar-refractivity contribution >= 4 is 12.6 Å². The molecule has 0 aliphatic carbocycles. The summed E-state index contributed by atoms with van der Waals surface area (Å²) in [6, 6.07) is 0. The van der Waals surface area contributed by atoms with Crippen molar-refractivity contribution in [3.05, 3.63) is 0 Å². The Labute approximate surface area is 80.7 Å². The molecule has 0 saturated heterocycles. The molecule has 0 aromatic rings. The average molecular weight is 184 g/mol. The number of hydrogen-bond donors (Lipinski definition) is 0. The van der Waals surface area contributed by atoms with E-state index in [0.29, 0.717) is 0 Å². The number of carbonyl (C=O) groups excluding carboxylic acids is 2. The summed E-state index contributed by atoms with van der Waals surface area (Å²) in [6.07, 6.45) is 4.61. The van der Waals surface area contributed by atoms with Crippen LogP contribution < -0.4 is 0 Å². The third kappa shape index (κ3) is 5.56. The quantitative estimate of drug-likeness (QED) is 0.595. The lowest BCUT2D eigenvalue weighted by atomic mass is 9.83. The summed E-state index contributed by atoms with van der Waals surface area (Å²) in [5, 5.41) is 0. The van der Waals surface area contributed by atoms with Crippen molar-refractivity contribution in [2.45, 2.75) is 47.0 Å². The second-order valence-corrected chi connectivity index (χ2v) is 5.07. The van der Waals surface area contributed by atoms with Gasteiger partial charge in [-0.3, -0.25) is 0 Å². The summed E-state index contributed by atoms with van der Waals surface area (Å²) in [7, 11) is 0. The van der Waals surface area contributed by atoms with Gasteiger partial charge in [-0.05, 0) is 12.8 Å². The summed E-state index contributed by atoms with van der Waals surface area (Å²) < 4.78 is 0. The van der Waals surface area contributed by atoms with Crippen molar-refractivity contribution in [1.29, 1.82) is 0 Å². The molecule has 2 nitrogen and oxygen atoms in total. The predicted octanol–water partition coefficient (Wildman–Crippen LogP) is 2.61. The minimum atomic E-state index is -0.237. The standard InChI is InChI=1S/C11H20O2/c1-10(2,8-12)6-5-7-11(3,4)9-13/h8-9H,5-7H2,1-4H3. The summed E-state index contributed by atoms with van der Waals surface area (Å²) in [6.45, 7) is 7.70. The van der Waals surface area contributed by atoms with Gasteiger partial charge in [0.2, 0.25) is 0 Å². The van der Waals surface area contributed by atoms with Gasteiger partial charge in [0.25, 0.3) is 0 Å². The summed E-state index contributed by atoms with van der Waals surface area (Å²) in [5.41, 5.74) is -0.474. The molecule has 13 heavy (non-hydrogen) atoms. The summed E-state index contributed by atoms with van der Waals surface area (Å²) in [4.78, 5) is 21.2. The Kier molecular flexibility index (Phi) is 4.31. The van der Waals surface area contributed by atoms with E-state index in [1.54, 1.807) is 0 Å². The normalized spacial score (nSPS) is 12.6. The van der Waals surface area contributed by atoms with Crippen molar-refractivity contribution < 1.29 is 9.59 Å². The van der Waals surface area contributed by atoms with E-state index in [0.717, 1.165) is 31.8 Å². The molecule has 0 amide bonds. The van der Waals surface area contributed by atoms with Crippen molar-refractivity contribution in [3.8, 4) is 0 Å². The van der Waals surface area contributed by atoms with E-state index in [-0.39, 0.29) is 10.8 Å². The Morgan fingerprint density at radius 2 is 1.15 bits per heavy atom. The molecule has 0 saturated carbocycles. The van der Waals surface area contributed by atoms with E-state index < -0.39 is 0 Å². The molecule has 0 fully saturated rings. The van der Waals surface area contributed by atoms with Crippen LogP contribution in [0.5, 0.6) is 0 Å². The van der Waals surface area contributed by atoms with Crippen molar-refractivity contribution in [1.82, 2.24) is 0 Å². The first-order valence-electron chi connectivity index (χ1n) is 4.76. The fraction of sp³-hybridized carbons (Fsp3) is 0.818. The van der Waals surface area contributed by atoms with Gasteiger partial charge >= 0.3 is 0 Å². The molecule has 0 heterocycles. The second-order valence-electron chi connectivity index (χ2n) is 5.07. The lowest BCUT2D eigenvalue weighted by molar-refractivity contribution is -0.115. The van der Waals surface area contributed by atoms with Crippen molar-refractivity contribution in [2.24, 2.45) is 10.8 Å². The Hall–Kier alpha value is -0.660. The molecule has 0 atom stereocenters. The van der Waals surface area contributed by atoms with Crippen LogP contribution in [0.1, 0.15) is 47.0 Å². The second kappa shape index (κ2) is 4.54. The molecule has 0 aliphatic heterocycles. The zero-order valence-electron chi connectivity index (χ0n) is 9.09. The van der Waals surface area contributed by atoms with E-state index >= 15 is 0 Å². The van der Waals surface area contributed by atoms with E-state index in [9.17, 15) is 9.59 Å². The van der Waals surface area contributed by atoms with Gasteiger partial charge in [0.15, 0.2) is 0 Å². The van der Waals surface area contributed by atoms with Crippen LogP contribution in [0.2, 0.25) is 0 Å². The van der Waals surface area contributed by atoms with E-state index in [4.69, 9.17) is 0 Å². The maximum absolute atomic E-state index is 10.6. The largest absolute Gasteiger partial charge is 0.303 e. The van der Waals surface area contributed by atoms with Crippen LogP contribution in [0.15, 0.2) is 0 Å². The van der Waals surface area contributed by atoms with Gasteiger partial charge in [-0.15, -0.1) is 0 Å². The molecule has 0 rings (SSSR count). The molecule has 0 N–H and O–H groups in total. The zero-order chi connectivity index (χ0) is 10.5. The van der Waals surface area contributed by atoms with Gasteiger partial charge < -0.3 is 9.59 Å². The van der Waals surface area contributed by atoms with E-state index in [1.807, 2.05) is 27.7 Å². The molecule has 2 heteroatoms. The number of hydrogen-bond acceptors (Lipinski definition) is 2. The third-order valence-electron chi connectivity index (χ3n) is 2.28. The minimum Gasteiger partial charge on any atom is -0.303 e. The van der Waals surface area contributed by atoms with Crippen molar-refractivity contribution in [3.63, 3.8) is 0 Å². The highest BCUT2D eigenvalue weighted by molar-refractivity contribution is 5.58. The summed E-state index contributed by atoms with van der Waals surface area (Å²) in [5.74, 6) is 0. The fourth-order valence-electron chi connectivity index (χ4n) is 1.12. The Morgan fingerprint density at radius 1 is 0.846 bits per heavy atom. The van der Waals surface area contributed by atoms with Gasteiger partial charge in [0.05, 0.1) is 0 Å². The highest BCUT2D eigenvalue weighted by atomic mass is 16.1. The Morgan fingerprint density at radius 3 is 1.38 bits per heavy atom. The van der Waals surface area contributed by atoms with Gasteiger partial charge in [0, 0.05) is 10.8 Å². The Balaban J connectivity index is 3.80. The first kappa shape index (κ1) is 12.3. The maximum Gasteiger partial charge on any atom is 0.125 e. The van der Waals surface area contributed by atoms with E-state index in [2.05, 4.69) is 0 Å². The molecule has 0 unspecified atom stereocenters. The van der Waals surface area contributed by atoms with E-state index in [1.165, 1.54) is 0 Å². The molecule has 0 bridgehead atoms. The SMILES string of the molecule is CC(C)(C=O)CCCC(C)(C)C=O. The maximum atomic E-state index is 10.6. The Bertz CT molecular complexity index is 161. The lowest BCUT2D eigenvalue weighted by Gasteiger charge is -2.20. The van der Waals surface area contributed by atoms with Crippen LogP contribution >= 0.6 is 0 Å². The lowest BCUT2D eigenvalue weighted by Crippen LogP contribution is -2.17. The highest BCUT2D eigenvalue weighted by Gasteiger charge is 2.20. The molecule has 76 valence electrons. The molecule has 0 spiro atoms. The van der Waals surface area contributed by atoms with Crippen LogP contribution in [-0.4, -0.2) is 12.6 Å². The molecule has 0 aliphatic rings. The number of rotatable bonds is 6. The first-order chi connectivity index (χ1) is 5.83. The van der Waals surface area contributed by atoms with Crippen LogP contribution in [0.4, 0.5) is 0 Å². The molecule has 0 aromatic heterocycles. The minimum absolute atomic E-state index is 0.237. The topological polar surface area (TPSA) is 34.1 Å². The predicted molar refractivity (Wildman–Crippen MR) is 53.5 cm³/mol. The van der Waals surface area contributed by atoms with Crippen molar-refractivity contribution in [2.75, 3.05) is 0 Å². The van der Waals surface area contributed by atoms with Crippen LogP contribution in [0, 0.1) is 10.8 Å². The molecular formula is C11H20O2. The zero-order valence-corrected chi connectivity index (χ0v) is 9.09.